The third kappa shape index (κ3) is 4.10. The molecule has 3 heterocycles. The summed E-state index contributed by atoms with van der Waals surface area (Å²) in [4.78, 5) is 0. The maximum absolute atomic E-state index is 6.33. The molecule has 3 aromatic heterocycles. The number of hydrogen-bond donors (Lipinski definition) is 0. The van der Waals surface area contributed by atoms with Crippen LogP contribution in [-0.2, 0) is 0 Å². The lowest BCUT2D eigenvalue weighted by Gasteiger charge is -2.12. The van der Waals surface area contributed by atoms with Gasteiger partial charge in [-0.2, -0.15) is 0 Å². The molecule has 0 aliphatic carbocycles. The zero-order chi connectivity index (χ0) is 31.6. The Morgan fingerprint density at radius 3 is 1.88 bits per heavy atom. The van der Waals surface area contributed by atoms with E-state index >= 15 is 0 Å². The minimum Gasteiger partial charge on any atom is -0.455 e. The summed E-state index contributed by atoms with van der Waals surface area (Å²) in [5.41, 5.74) is 11.7. The molecule has 0 N–H and O–H groups in total. The van der Waals surface area contributed by atoms with Crippen LogP contribution in [0.25, 0.3) is 94.0 Å². The number of benzene rings is 7. The van der Waals surface area contributed by atoms with Crippen molar-refractivity contribution >= 4 is 49.3 Å². The Balaban J connectivity index is 1.12. The molecule has 0 unspecified atom stereocenters. The van der Waals surface area contributed by atoms with Crippen LogP contribution in [0.5, 0.6) is 0 Å². The smallest absolute Gasteiger partial charge is 0.169 e. The van der Waals surface area contributed by atoms with Crippen LogP contribution in [0.3, 0.4) is 0 Å². The third-order valence-corrected chi connectivity index (χ3v) is 9.52. The van der Waals surface area contributed by atoms with Gasteiger partial charge in [0, 0.05) is 32.7 Å². The molecule has 0 saturated carbocycles. The Kier molecular flexibility index (Phi) is 5.84. The SMILES string of the molecule is c1ccc(-c2cccc(-c3ccc4c(c3)c3ccccc3c3nnc(-c5ccc(-c6cccc7c6oc6ccccc67)cc5)n43)c2)cc1. The van der Waals surface area contributed by atoms with Gasteiger partial charge in [-0.05, 0) is 57.5 Å². The van der Waals surface area contributed by atoms with Gasteiger partial charge in [-0.1, -0.05) is 140 Å². The summed E-state index contributed by atoms with van der Waals surface area (Å²) < 4.78 is 8.54. The molecule has 0 amide bonds. The molecule has 0 spiro atoms. The molecule has 224 valence electrons. The van der Waals surface area contributed by atoms with Gasteiger partial charge in [0.2, 0.25) is 0 Å². The van der Waals surface area contributed by atoms with Crippen molar-refractivity contribution in [3.63, 3.8) is 0 Å². The van der Waals surface area contributed by atoms with Crippen LogP contribution in [0.1, 0.15) is 0 Å². The molecule has 0 atom stereocenters. The van der Waals surface area contributed by atoms with E-state index in [2.05, 4.69) is 156 Å². The van der Waals surface area contributed by atoms with E-state index in [0.717, 1.165) is 71.8 Å². The summed E-state index contributed by atoms with van der Waals surface area (Å²) in [6.07, 6.45) is 0. The van der Waals surface area contributed by atoms with Crippen molar-refractivity contribution in [2.45, 2.75) is 0 Å². The van der Waals surface area contributed by atoms with Gasteiger partial charge in [0.25, 0.3) is 0 Å². The summed E-state index contributed by atoms with van der Waals surface area (Å²) in [6, 6.07) is 57.7. The molecule has 7 aromatic carbocycles. The minimum atomic E-state index is 0.813. The van der Waals surface area contributed by atoms with Crippen molar-refractivity contribution in [1.29, 1.82) is 0 Å². The maximum atomic E-state index is 6.33. The standard InChI is InChI=1S/C44H27N3O/c1-2-10-28(11-3-1)31-12-8-13-32(26-31)33-24-25-40-39(27-33)35-14-4-5-16-38(35)44-46-45-43(47(40)44)30-22-20-29(21-23-30)34-17-9-18-37-36-15-6-7-19-41(36)48-42(34)37/h1-27H. The Morgan fingerprint density at radius 2 is 1.02 bits per heavy atom. The van der Waals surface area contributed by atoms with E-state index in [-0.39, 0.29) is 0 Å². The topological polar surface area (TPSA) is 43.3 Å². The van der Waals surface area contributed by atoms with Crippen LogP contribution in [-0.4, -0.2) is 14.6 Å². The highest BCUT2D eigenvalue weighted by atomic mass is 16.3. The largest absolute Gasteiger partial charge is 0.455 e. The fourth-order valence-corrected chi connectivity index (χ4v) is 7.20. The van der Waals surface area contributed by atoms with Crippen molar-refractivity contribution in [1.82, 2.24) is 14.6 Å². The molecule has 48 heavy (non-hydrogen) atoms. The van der Waals surface area contributed by atoms with E-state index < -0.39 is 0 Å². The Hall–Kier alpha value is -6.52. The average molecular weight is 614 g/mol. The summed E-state index contributed by atoms with van der Waals surface area (Å²) in [6.45, 7) is 0. The molecule has 4 heteroatoms. The van der Waals surface area contributed by atoms with Crippen LogP contribution in [0.15, 0.2) is 168 Å². The Bertz CT molecular complexity index is 2830. The first-order valence-electron chi connectivity index (χ1n) is 16.2. The number of rotatable bonds is 4. The van der Waals surface area contributed by atoms with Crippen molar-refractivity contribution in [2.75, 3.05) is 0 Å². The number of nitrogens with zero attached hydrogens (tertiary/aromatic N) is 3. The quantitative estimate of drug-likeness (QED) is 0.186. The van der Waals surface area contributed by atoms with Crippen molar-refractivity contribution in [3.05, 3.63) is 164 Å². The molecular weight excluding hydrogens is 587 g/mol. The number of hydrogen-bond acceptors (Lipinski definition) is 3. The van der Waals surface area contributed by atoms with Gasteiger partial charge in [0.1, 0.15) is 11.2 Å². The summed E-state index contributed by atoms with van der Waals surface area (Å²) in [7, 11) is 0. The second-order valence-electron chi connectivity index (χ2n) is 12.3. The Labute approximate surface area is 276 Å². The second-order valence-corrected chi connectivity index (χ2v) is 12.3. The van der Waals surface area contributed by atoms with Crippen LogP contribution in [0.4, 0.5) is 0 Å². The zero-order valence-electron chi connectivity index (χ0n) is 25.8. The molecule has 0 aliphatic heterocycles. The van der Waals surface area contributed by atoms with Gasteiger partial charge < -0.3 is 4.42 Å². The molecule has 10 aromatic rings. The summed E-state index contributed by atoms with van der Waals surface area (Å²) in [5.74, 6) is 0.813. The van der Waals surface area contributed by atoms with Gasteiger partial charge in [-0.3, -0.25) is 4.40 Å². The fourth-order valence-electron chi connectivity index (χ4n) is 7.20. The predicted molar refractivity (Wildman–Crippen MR) is 197 cm³/mol. The van der Waals surface area contributed by atoms with Gasteiger partial charge >= 0.3 is 0 Å². The minimum absolute atomic E-state index is 0.813. The molecule has 0 fully saturated rings. The van der Waals surface area contributed by atoms with Crippen molar-refractivity contribution in [3.8, 4) is 44.8 Å². The number of fused-ring (bicyclic) bond motifs is 9. The molecule has 0 aliphatic rings. The lowest BCUT2D eigenvalue weighted by atomic mass is 9.96. The van der Waals surface area contributed by atoms with E-state index in [9.17, 15) is 0 Å². The second kappa shape index (κ2) is 10.5. The monoisotopic (exact) mass is 613 g/mol. The number of para-hydroxylation sites is 2. The zero-order valence-corrected chi connectivity index (χ0v) is 25.8. The van der Waals surface area contributed by atoms with E-state index in [1.165, 1.54) is 22.3 Å². The fraction of sp³-hybridized carbons (Fsp3) is 0. The number of furan rings is 1. The summed E-state index contributed by atoms with van der Waals surface area (Å²) >= 11 is 0. The highest BCUT2D eigenvalue weighted by Crippen LogP contribution is 2.38. The molecule has 4 nitrogen and oxygen atoms in total. The van der Waals surface area contributed by atoms with E-state index in [4.69, 9.17) is 14.6 Å². The predicted octanol–water partition coefficient (Wildman–Crippen LogP) is 11.6. The average Bonchev–Trinajstić information content (AvgIpc) is 3.78. The lowest BCUT2D eigenvalue weighted by molar-refractivity contribution is 0.670. The third-order valence-electron chi connectivity index (χ3n) is 9.52. The van der Waals surface area contributed by atoms with Crippen LogP contribution in [0.2, 0.25) is 0 Å². The highest BCUT2D eigenvalue weighted by Gasteiger charge is 2.18. The van der Waals surface area contributed by atoms with Crippen LogP contribution in [0, 0.1) is 0 Å². The van der Waals surface area contributed by atoms with E-state index in [1.807, 2.05) is 12.1 Å². The van der Waals surface area contributed by atoms with Crippen LogP contribution < -0.4 is 0 Å². The van der Waals surface area contributed by atoms with Gasteiger partial charge in [-0.25, -0.2) is 0 Å². The first-order chi connectivity index (χ1) is 23.8. The van der Waals surface area contributed by atoms with Gasteiger partial charge in [0.05, 0.1) is 5.52 Å². The first-order valence-corrected chi connectivity index (χ1v) is 16.2. The van der Waals surface area contributed by atoms with Gasteiger partial charge in [0.15, 0.2) is 11.5 Å². The van der Waals surface area contributed by atoms with Crippen LogP contribution >= 0.6 is 0 Å². The van der Waals surface area contributed by atoms with Crippen molar-refractivity contribution in [2.24, 2.45) is 0 Å². The number of pyridine rings is 1. The molecule has 0 radical (unpaired) electrons. The maximum Gasteiger partial charge on any atom is 0.169 e. The molecule has 0 bridgehead atoms. The highest BCUT2D eigenvalue weighted by molar-refractivity contribution is 6.13. The molecule has 10 rings (SSSR count). The molecule has 0 saturated heterocycles. The lowest BCUT2D eigenvalue weighted by Crippen LogP contribution is -1.95. The van der Waals surface area contributed by atoms with Crippen molar-refractivity contribution < 1.29 is 4.42 Å². The number of aromatic nitrogens is 3. The Morgan fingerprint density at radius 1 is 0.396 bits per heavy atom. The van der Waals surface area contributed by atoms with Gasteiger partial charge in [-0.15, -0.1) is 10.2 Å². The normalized spacial score (nSPS) is 11.8. The summed E-state index contributed by atoms with van der Waals surface area (Å²) in [5, 5.41) is 15.2. The van der Waals surface area contributed by atoms with E-state index in [1.54, 1.807) is 0 Å². The first kappa shape index (κ1) is 26.7. The van der Waals surface area contributed by atoms with E-state index in [0.29, 0.717) is 0 Å². The molecular formula is C44H27N3O.